The van der Waals surface area contributed by atoms with Crippen molar-refractivity contribution in [3.8, 4) is 0 Å². The van der Waals surface area contributed by atoms with Gasteiger partial charge in [-0.15, -0.1) is 10.2 Å². The average molecular weight is 413 g/mol. The van der Waals surface area contributed by atoms with E-state index in [0.717, 1.165) is 11.4 Å². The van der Waals surface area contributed by atoms with E-state index >= 15 is 0 Å². The molecule has 29 heavy (non-hydrogen) atoms. The molecule has 1 unspecified atom stereocenters. The van der Waals surface area contributed by atoms with Gasteiger partial charge >= 0.3 is 0 Å². The number of halogens is 1. The fraction of sp³-hybridized carbons (Fsp3) is 0.316. The van der Waals surface area contributed by atoms with Gasteiger partial charge in [-0.2, -0.15) is 5.10 Å². The van der Waals surface area contributed by atoms with E-state index in [9.17, 15) is 9.18 Å². The van der Waals surface area contributed by atoms with E-state index in [2.05, 4.69) is 25.6 Å². The molecule has 1 atom stereocenters. The molecule has 3 N–H and O–H groups in total. The van der Waals surface area contributed by atoms with Crippen LogP contribution in [-0.2, 0) is 5.54 Å². The molecule has 0 radical (unpaired) electrons. The van der Waals surface area contributed by atoms with Crippen LogP contribution >= 0.6 is 11.8 Å². The first-order valence-electron chi connectivity index (χ1n) is 9.06. The number of nitrogens with zero attached hydrogens (tertiary/aromatic N) is 5. The smallest absolute Gasteiger partial charge is 0.278 e. The van der Waals surface area contributed by atoms with E-state index in [0.29, 0.717) is 34.2 Å². The van der Waals surface area contributed by atoms with Crippen molar-refractivity contribution in [2.45, 2.75) is 32.7 Å². The Morgan fingerprint density at radius 3 is 2.86 bits per heavy atom. The molecule has 0 spiro atoms. The Morgan fingerprint density at radius 1 is 1.31 bits per heavy atom. The number of carbonyl (C=O) groups excluding carboxylic acids is 1. The van der Waals surface area contributed by atoms with Gasteiger partial charge in [0.2, 0.25) is 0 Å². The first-order valence-corrected chi connectivity index (χ1v) is 10.0. The van der Waals surface area contributed by atoms with Gasteiger partial charge < -0.3 is 11.1 Å². The highest BCUT2D eigenvalue weighted by molar-refractivity contribution is 8.13. The summed E-state index contributed by atoms with van der Waals surface area (Å²) < 4.78 is 16.1. The van der Waals surface area contributed by atoms with Gasteiger partial charge in [0.1, 0.15) is 5.82 Å². The zero-order chi connectivity index (χ0) is 20.8. The van der Waals surface area contributed by atoms with E-state index in [1.165, 1.54) is 23.9 Å². The largest absolute Gasteiger partial charge is 0.379 e. The molecule has 3 heterocycles. The highest BCUT2D eigenvalue weighted by atomic mass is 32.2. The predicted molar refractivity (Wildman–Crippen MR) is 111 cm³/mol. The van der Waals surface area contributed by atoms with Crippen LogP contribution in [0.25, 0.3) is 5.65 Å². The van der Waals surface area contributed by atoms with Gasteiger partial charge in [0.05, 0.1) is 16.9 Å². The number of hydrogen-bond acceptors (Lipinski definition) is 7. The summed E-state index contributed by atoms with van der Waals surface area (Å²) in [6.45, 7) is 5.43. The number of thioether (sulfide) groups is 1. The average Bonchev–Trinajstić information content (AvgIpc) is 3.04. The van der Waals surface area contributed by atoms with Crippen LogP contribution in [0.1, 0.15) is 40.8 Å². The van der Waals surface area contributed by atoms with Gasteiger partial charge in [0, 0.05) is 23.1 Å². The molecule has 0 saturated heterocycles. The molecule has 4 rings (SSSR count). The Kier molecular flexibility index (Phi) is 4.73. The van der Waals surface area contributed by atoms with Gasteiger partial charge in [-0.3, -0.25) is 9.79 Å². The van der Waals surface area contributed by atoms with Gasteiger partial charge in [0.15, 0.2) is 16.5 Å². The van der Waals surface area contributed by atoms with Gasteiger partial charge in [-0.05, 0) is 45.4 Å². The van der Waals surface area contributed by atoms with Crippen LogP contribution in [0.15, 0.2) is 29.3 Å². The van der Waals surface area contributed by atoms with Crippen LogP contribution in [0.2, 0.25) is 0 Å². The molecule has 10 heteroatoms. The van der Waals surface area contributed by atoms with Crippen LogP contribution in [0, 0.1) is 19.7 Å². The van der Waals surface area contributed by atoms with E-state index < -0.39 is 17.3 Å². The lowest BCUT2D eigenvalue weighted by molar-refractivity contribution is 0.102. The highest BCUT2D eigenvalue weighted by Gasteiger charge is 2.32. The number of aromatic nitrogens is 4. The molecule has 1 aliphatic heterocycles. The van der Waals surface area contributed by atoms with Crippen LogP contribution in [-0.4, -0.2) is 36.6 Å². The molecule has 0 bridgehead atoms. The number of nitrogens with two attached hydrogens (primary N) is 1. The molecule has 1 aromatic carbocycles. The number of carbonyl (C=O) groups is 1. The Labute approximate surface area is 170 Å². The van der Waals surface area contributed by atoms with Crippen molar-refractivity contribution in [2.24, 2.45) is 10.7 Å². The number of hydrogen-bond donors (Lipinski definition) is 2. The Bertz CT molecular complexity index is 1160. The third-order valence-corrected chi connectivity index (χ3v) is 5.74. The number of rotatable bonds is 3. The Hall–Kier alpha value is -3.01. The molecule has 0 saturated carbocycles. The molecule has 3 aromatic rings. The lowest BCUT2D eigenvalue weighted by Crippen LogP contribution is -2.30. The van der Waals surface area contributed by atoms with E-state index in [-0.39, 0.29) is 5.69 Å². The van der Waals surface area contributed by atoms with Crippen LogP contribution < -0.4 is 11.1 Å². The first kappa shape index (κ1) is 19.3. The fourth-order valence-corrected chi connectivity index (χ4v) is 4.35. The monoisotopic (exact) mass is 413 g/mol. The van der Waals surface area contributed by atoms with E-state index in [1.807, 2.05) is 13.8 Å². The third-order valence-electron chi connectivity index (χ3n) is 4.94. The van der Waals surface area contributed by atoms with Crippen LogP contribution in [0.3, 0.4) is 0 Å². The van der Waals surface area contributed by atoms with Crippen molar-refractivity contribution in [1.82, 2.24) is 19.8 Å². The summed E-state index contributed by atoms with van der Waals surface area (Å²) in [5, 5.41) is 15.6. The van der Waals surface area contributed by atoms with Crippen molar-refractivity contribution >= 4 is 34.2 Å². The fourth-order valence-electron chi connectivity index (χ4n) is 3.37. The highest BCUT2D eigenvalue weighted by Crippen LogP contribution is 2.37. The molecule has 0 aliphatic carbocycles. The van der Waals surface area contributed by atoms with E-state index in [4.69, 9.17) is 5.73 Å². The quantitative estimate of drug-likeness (QED) is 0.683. The minimum Gasteiger partial charge on any atom is -0.379 e. The molecular weight excluding hydrogens is 393 g/mol. The normalized spacial score (nSPS) is 19.2. The number of aryl methyl sites for hydroxylation is 2. The molecule has 1 aliphatic rings. The predicted octanol–water partition coefficient (Wildman–Crippen LogP) is 2.80. The van der Waals surface area contributed by atoms with Gasteiger partial charge in [-0.25, -0.2) is 8.91 Å². The van der Waals surface area contributed by atoms with E-state index in [1.54, 1.807) is 23.6 Å². The SMILES string of the molecule is Cc1cc2nnc(C(=O)Nc3ccc(F)c(C4(C)CCSC(N)=N4)c3)c(C)n2n1. The summed E-state index contributed by atoms with van der Waals surface area (Å²) >= 11 is 1.45. The molecule has 1 amide bonds. The van der Waals surface area contributed by atoms with Crippen LogP contribution in [0.4, 0.5) is 10.1 Å². The number of aliphatic imine (C=N–C) groups is 1. The minimum absolute atomic E-state index is 0.147. The summed E-state index contributed by atoms with van der Waals surface area (Å²) in [5.41, 5.74) is 7.97. The minimum atomic E-state index is -0.776. The van der Waals surface area contributed by atoms with Crippen molar-refractivity contribution in [3.63, 3.8) is 0 Å². The topological polar surface area (TPSA) is 111 Å². The summed E-state index contributed by atoms with van der Waals surface area (Å²) in [4.78, 5) is 17.2. The van der Waals surface area contributed by atoms with Crippen LogP contribution in [0.5, 0.6) is 0 Å². The van der Waals surface area contributed by atoms with Crippen molar-refractivity contribution in [2.75, 3.05) is 11.1 Å². The maximum absolute atomic E-state index is 14.6. The summed E-state index contributed by atoms with van der Waals surface area (Å²) in [6.07, 6.45) is 0.645. The lowest BCUT2D eigenvalue weighted by atomic mass is 9.89. The second-order valence-corrected chi connectivity index (χ2v) is 8.28. The molecule has 150 valence electrons. The summed E-state index contributed by atoms with van der Waals surface area (Å²) in [6, 6.07) is 6.20. The Morgan fingerprint density at radius 2 is 2.10 bits per heavy atom. The number of fused-ring (bicyclic) bond motifs is 1. The number of amidine groups is 1. The van der Waals surface area contributed by atoms with Crippen molar-refractivity contribution in [1.29, 1.82) is 0 Å². The number of benzene rings is 1. The second-order valence-electron chi connectivity index (χ2n) is 7.16. The zero-order valence-electron chi connectivity index (χ0n) is 16.2. The van der Waals surface area contributed by atoms with Crippen molar-refractivity contribution in [3.05, 3.63) is 52.7 Å². The molecule has 2 aromatic heterocycles. The Balaban J connectivity index is 1.66. The summed E-state index contributed by atoms with van der Waals surface area (Å²) in [5.74, 6) is -0.0896. The number of nitrogens with one attached hydrogen (secondary N) is 1. The van der Waals surface area contributed by atoms with Gasteiger partial charge in [-0.1, -0.05) is 11.8 Å². The molecule has 8 nitrogen and oxygen atoms in total. The standard InChI is InChI=1S/C19H20FN7OS/c1-10-8-15-24-25-16(11(2)27(15)26-10)17(28)22-12-4-5-14(20)13(9-12)19(3)6-7-29-18(21)23-19/h4-5,8-9H,6-7H2,1-3H3,(H2,21,23)(H,22,28). The molecular formula is C19H20FN7OS. The lowest BCUT2D eigenvalue weighted by Gasteiger charge is -2.30. The first-order chi connectivity index (χ1) is 13.8. The van der Waals surface area contributed by atoms with Crippen molar-refractivity contribution < 1.29 is 9.18 Å². The zero-order valence-corrected chi connectivity index (χ0v) is 17.0. The summed E-state index contributed by atoms with van der Waals surface area (Å²) in [7, 11) is 0. The molecule has 0 fully saturated rings. The number of amides is 1. The maximum Gasteiger partial charge on any atom is 0.278 e. The van der Waals surface area contributed by atoms with Gasteiger partial charge in [0.25, 0.3) is 5.91 Å². The number of anilines is 1. The third kappa shape index (κ3) is 3.55. The second kappa shape index (κ2) is 7.11. The maximum atomic E-state index is 14.6.